The number of primary amides is 1. The molecule has 0 saturated heterocycles. The lowest BCUT2D eigenvalue weighted by Gasteiger charge is -2.19. The van der Waals surface area contributed by atoms with Gasteiger partial charge >= 0.3 is 5.97 Å². The second kappa shape index (κ2) is 3.48. The maximum absolute atomic E-state index is 12.6. The molecule has 0 saturated carbocycles. The van der Waals surface area contributed by atoms with Gasteiger partial charge in [-0.1, -0.05) is 0 Å². The molecule has 0 bridgehead atoms. The Morgan fingerprint density at radius 3 is 2.33 bits per heavy atom. The second-order valence-corrected chi connectivity index (χ2v) is 2.80. The Bertz CT molecular complexity index is 205. The van der Waals surface area contributed by atoms with Gasteiger partial charge in [0, 0.05) is 6.42 Å². The minimum absolute atomic E-state index is 0.613. The van der Waals surface area contributed by atoms with Crippen LogP contribution in [0.15, 0.2) is 0 Å². The molecular weight excluding hydrogens is 167 g/mol. The summed E-state index contributed by atoms with van der Waals surface area (Å²) in [6.45, 7) is 1.12. The zero-order valence-electron chi connectivity index (χ0n) is 6.58. The van der Waals surface area contributed by atoms with E-state index in [-0.39, 0.29) is 0 Å². The molecule has 0 aromatic carbocycles. The average Bonchev–Trinajstić information content (AvgIpc) is 1.85. The van der Waals surface area contributed by atoms with E-state index in [9.17, 15) is 14.0 Å². The van der Waals surface area contributed by atoms with E-state index in [0.717, 1.165) is 6.92 Å². The van der Waals surface area contributed by atoms with Gasteiger partial charge in [-0.05, 0) is 6.92 Å². The normalized spacial score (nSPS) is 17.9. The van der Waals surface area contributed by atoms with Gasteiger partial charge in [-0.15, -0.1) is 0 Å². The van der Waals surface area contributed by atoms with Gasteiger partial charge in [-0.2, -0.15) is 0 Å². The van der Waals surface area contributed by atoms with E-state index in [1.165, 1.54) is 0 Å². The molecule has 0 spiro atoms. The van der Waals surface area contributed by atoms with Crippen LogP contribution in [0, 0.1) is 0 Å². The molecule has 5 nitrogen and oxygen atoms in total. The highest BCUT2D eigenvalue weighted by molar-refractivity contribution is 5.82. The summed E-state index contributed by atoms with van der Waals surface area (Å²) < 4.78 is 12.6. The van der Waals surface area contributed by atoms with Crippen LogP contribution in [0.2, 0.25) is 0 Å². The fourth-order valence-electron chi connectivity index (χ4n) is 0.560. The summed E-state index contributed by atoms with van der Waals surface area (Å²) >= 11 is 0. The van der Waals surface area contributed by atoms with Crippen LogP contribution in [-0.4, -0.2) is 28.7 Å². The van der Waals surface area contributed by atoms with Crippen LogP contribution in [-0.2, 0) is 9.59 Å². The first-order chi connectivity index (χ1) is 5.27. The van der Waals surface area contributed by atoms with Gasteiger partial charge in [0.1, 0.15) is 5.54 Å². The first kappa shape index (κ1) is 10.8. The molecule has 0 rings (SSSR count). The number of hydrogen-bond acceptors (Lipinski definition) is 3. The number of carboxylic acid groups (broad SMARTS) is 1. The fourth-order valence-corrected chi connectivity index (χ4v) is 0.560. The molecule has 0 aliphatic carbocycles. The summed E-state index contributed by atoms with van der Waals surface area (Å²) in [6.07, 6.45) is -2.63. The number of alkyl halides is 1. The Balaban J connectivity index is 4.24. The number of hydrogen-bond donors (Lipinski definition) is 3. The Morgan fingerprint density at radius 1 is 1.67 bits per heavy atom. The third-order valence-corrected chi connectivity index (χ3v) is 1.40. The van der Waals surface area contributed by atoms with Crippen LogP contribution in [0.1, 0.15) is 13.3 Å². The Kier molecular flexibility index (Phi) is 3.15. The zero-order valence-corrected chi connectivity index (χ0v) is 6.58. The quantitative estimate of drug-likeness (QED) is 0.513. The topological polar surface area (TPSA) is 106 Å². The lowest BCUT2D eigenvalue weighted by molar-refractivity contribution is -0.143. The smallest absolute Gasteiger partial charge is 0.323 e. The molecule has 12 heavy (non-hydrogen) atoms. The van der Waals surface area contributed by atoms with Gasteiger partial charge in [-0.25, -0.2) is 4.39 Å². The molecule has 0 aromatic rings. The number of rotatable bonds is 4. The van der Waals surface area contributed by atoms with E-state index in [1.807, 2.05) is 0 Å². The van der Waals surface area contributed by atoms with Crippen molar-refractivity contribution in [2.75, 3.05) is 0 Å². The number of amides is 1. The number of halogens is 1. The zero-order chi connectivity index (χ0) is 9.94. The second-order valence-electron chi connectivity index (χ2n) is 2.80. The molecular formula is C6H11FN2O3. The SMILES string of the molecule is C[C@@](N)(C[C@@H](F)C(N)=O)C(=O)O. The molecule has 0 aliphatic heterocycles. The summed E-state index contributed by atoms with van der Waals surface area (Å²) in [5.41, 5.74) is 7.98. The number of carbonyl (C=O) groups excluding carboxylic acids is 1. The molecule has 6 heteroatoms. The van der Waals surface area contributed by atoms with Crippen molar-refractivity contribution in [3.8, 4) is 0 Å². The van der Waals surface area contributed by atoms with Crippen molar-refractivity contribution in [3.05, 3.63) is 0 Å². The predicted octanol–water partition coefficient (Wildman–Crippen LogP) is -0.998. The van der Waals surface area contributed by atoms with Crippen molar-refractivity contribution >= 4 is 11.9 Å². The summed E-state index contributed by atoms with van der Waals surface area (Å²) in [7, 11) is 0. The van der Waals surface area contributed by atoms with Crippen LogP contribution in [0.4, 0.5) is 4.39 Å². The molecule has 0 heterocycles. The molecule has 0 radical (unpaired) electrons. The van der Waals surface area contributed by atoms with E-state index >= 15 is 0 Å². The van der Waals surface area contributed by atoms with Gasteiger partial charge in [0.2, 0.25) is 0 Å². The maximum atomic E-state index is 12.6. The first-order valence-electron chi connectivity index (χ1n) is 3.23. The molecule has 0 unspecified atom stereocenters. The Hall–Kier alpha value is -1.17. The van der Waals surface area contributed by atoms with Crippen molar-refractivity contribution in [3.63, 3.8) is 0 Å². The van der Waals surface area contributed by atoms with Crippen molar-refractivity contribution in [2.24, 2.45) is 11.5 Å². The largest absolute Gasteiger partial charge is 0.480 e. The third-order valence-electron chi connectivity index (χ3n) is 1.40. The summed E-state index contributed by atoms with van der Waals surface area (Å²) in [4.78, 5) is 20.5. The highest BCUT2D eigenvalue weighted by atomic mass is 19.1. The van der Waals surface area contributed by atoms with Gasteiger partial charge in [0.15, 0.2) is 6.17 Å². The van der Waals surface area contributed by atoms with Crippen LogP contribution < -0.4 is 11.5 Å². The summed E-state index contributed by atoms with van der Waals surface area (Å²) in [5.74, 6) is -2.57. The fraction of sp³-hybridized carbons (Fsp3) is 0.667. The van der Waals surface area contributed by atoms with Gasteiger partial charge in [0.25, 0.3) is 5.91 Å². The summed E-state index contributed by atoms with van der Waals surface area (Å²) in [6, 6.07) is 0. The van der Waals surface area contributed by atoms with Gasteiger partial charge in [0.05, 0.1) is 0 Å². The van der Waals surface area contributed by atoms with Crippen LogP contribution in [0.5, 0.6) is 0 Å². The molecule has 0 fully saturated rings. The Labute approximate surface area is 68.5 Å². The average molecular weight is 178 g/mol. The number of carboxylic acids is 1. The Morgan fingerprint density at radius 2 is 2.08 bits per heavy atom. The lowest BCUT2D eigenvalue weighted by Crippen LogP contribution is -2.48. The highest BCUT2D eigenvalue weighted by Gasteiger charge is 2.33. The number of carbonyl (C=O) groups is 2. The van der Waals surface area contributed by atoms with Crippen LogP contribution in [0.3, 0.4) is 0 Å². The predicted molar refractivity (Wildman–Crippen MR) is 38.9 cm³/mol. The van der Waals surface area contributed by atoms with Gasteiger partial charge in [-0.3, -0.25) is 9.59 Å². The van der Waals surface area contributed by atoms with Crippen LogP contribution in [0.25, 0.3) is 0 Å². The minimum Gasteiger partial charge on any atom is -0.480 e. The van der Waals surface area contributed by atoms with E-state index in [4.69, 9.17) is 10.8 Å². The van der Waals surface area contributed by atoms with Crippen molar-refractivity contribution < 1.29 is 19.1 Å². The van der Waals surface area contributed by atoms with Crippen LogP contribution >= 0.6 is 0 Å². The molecule has 1 amide bonds. The van der Waals surface area contributed by atoms with Crippen molar-refractivity contribution in [2.45, 2.75) is 25.1 Å². The molecule has 5 N–H and O–H groups in total. The van der Waals surface area contributed by atoms with E-state index in [1.54, 1.807) is 0 Å². The lowest BCUT2D eigenvalue weighted by atomic mass is 9.96. The van der Waals surface area contributed by atoms with Gasteiger partial charge < -0.3 is 16.6 Å². The minimum atomic E-state index is -2.02. The van der Waals surface area contributed by atoms with Crippen molar-refractivity contribution in [1.82, 2.24) is 0 Å². The standard InChI is InChI=1S/C6H11FN2O3/c1-6(9,5(11)12)2-3(7)4(8)10/h3H,2,9H2,1H3,(H2,8,10)(H,11,12)/t3-,6-/m1/s1. The highest BCUT2D eigenvalue weighted by Crippen LogP contribution is 2.11. The monoisotopic (exact) mass is 178 g/mol. The molecule has 0 aliphatic rings. The first-order valence-corrected chi connectivity index (χ1v) is 3.23. The molecule has 0 aromatic heterocycles. The van der Waals surface area contributed by atoms with E-state index in [0.29, 0.717) is 0 Å². The van der Waals surface area contributed by atoms with E-state index in [2.05, 4.69) is 5.73 Å². The molecule has 2 atom stereocenters. The molecule has 70 valence electrons. The van der Waals surface area contributed by atoms with E-state index < -0.39 is 30.0 Å². The summed E-state index contributed by atoms with van der Waals surface area (Å²) in [5, 5.41) is 8.43. The maximum Gasteiger partial charge on any atom is 0.323 e. The van der Waals surface area contributed by atoms with Crippen molar-refractivity contribution in [1.29, 1.82) is 0 Å². The number of aliphatic carboxylic acids is 1. The third kappa shape index (κ3) is 2.83. The number of nitrogens with two attached hydrogens (primary N) is 2.